The van der Waals surface area contributed by atoms with Gasteiger partial charge in [-0.1, -0.05) is 23.2 Å². The predicted molar refractivity (Wildman–Crippen MR) is 104 cm³/mol. The zero-order chi connectivity index (χ0) is 18.0. The van der Waals surface area contributed by atoms with Gasteiger partial charge in [-0.2, -0.15) is 0 Å². The van der Waals surface area contributed by atoms with E-state index in [1.54, 1.807) is 34.4 Å². The molecule has 1 unspecified atom stereocenters. The van der Waals surface area contributed by atoms with Crippen LogP contribution in [0.25, 0.3) is 0 Å². The lowest BCUT2D eigenvalue weighted by Gasteiger charge is -2.24. The molecule has 1 fully saturated rings. The van der Waals surface area contributed by atoms with Crippen molar-refractivity contribution < 1.29 is 9.59 Å². The molecule has 0 spiro atoms. The van der Waals surface area contributed by atoms with Crippen LogP contribution in [0.5, 0.6) is 0 Å². The highest BCUT2D eigenvalue weighted by molar-refractivity contribution is 9.10. The van der Waals surface area contributed by atoms with Crippen LogP contribution in [0.2, 0.25) is 10.0 Å². The maximum absolute atomic E-state index is 12.8. The van der Waals surface area contributed by atoms with Gasteiger partial charge in [0, 0.05) is 36.9 Å². The molecule has 1 aliphatic heterocycles. The summed E-state index contributed by atoms with van der Waals surface area (Å²) in [6, 6.07) is 6.23. The zero-order valence-electron chi connectivity index (χ0n) is 13.1. The molecule has 2 aromatic rings. The van der Waals surface area contributed by atoms with Crippen molar-refractivity contribution in [2.75, 3.05) is 6.54 Å². The molecule has 8 heteroatoms. The summed E-state index contributed by atoms with van der Waals surface area (Å²) in [6.07, 6.45) is 1.45. The molecule has 2 heterocycles. The van der Waals surface area contributed by atoms with Crippen LogP contribution in [0.4, 0.5) is 0 Å². The van der Waals surface area contributed by atoms with E-state index in [9.17, 15) is 9.59 Å². The maximum atomic E-state index is 12.8. The van der Waals surface area contributed by atoms with Crippen LogP contribution in [0.15, 0.2) is 34.1 Å². The molecule has 4 nitrogen and oxygen atoms in total. The molecule has 25 heavy (non-hydrogen) atoms. The molecule has 3 rings (SSSR count). The van der Waals surface area contributed by atoms with Crippen molar-refractivity contribution in [3.63, 3.8) is 0 Å². The third kappa shape index (κ3) is 4.56. The fraction of sp³-hybridized carbons (Fsp3) is 0.294. The lowest BCUT2D eigenvalue weighted by atomic mass is 10.1. The minimum atomic E-state index is -0.464. The Morgan fingerprint density at radius 1 is 1.24 bits per heavy atom. The Bertz CT molecular complexity index is 791. The lowest BCUT2D eigenvalue weighted by molar-refractivity contribution is -0.125. The monoisotopic (exact) mass is 460 g/mol. The Kier molecular flexibility index (Phi) is 6.04. The summed E-state index contributed by atoms with van der Waals surface area (Å²) in [5.74, 6) is -0.357. The molecule has 0 saturated carbocycles. The van der Waals surface area contributed by atoms with Gasteiger partial charge < -0.3 is 10.2 Å². The van der Waals surface area contributed by atoms with Crippen LogP contribution in [0.1, 0.15) is 28.1 Å². The molecule has 0 aliphatic carbocycles. The summed E-state index contributed by atoms with van der Waals surface area (Å²) in [4.78, 5) is 28.0. The van der Waals surface area contributed by atoms with E-state index >= 15 is 0 Å². The first kappa shape index (κ1) is 18.7. The van der Waals surface area contributed by atoms with Crippen LogP contribution >= 0.6 is 50.5 Å². The van der Waals surface area contributed by atoms with E-state index < -0.39 is 6.04 Å². The first-order chi connectivity index (χ1) is 11.9. The fourth-order valence-electron chi connectivity index (χ4n) is 2.86. The van der Waals surface area contributed by atoms with Gasteiger partial charge in [0.05, 0.1) is 6.54 Å². The number of carbonyl (C=O) groups excluding carboxylic acids is 2. The number of rotatable bonds is 4. The molecule has 1 aromatic heterocycles. The highest BCUT2D eigenvalue weighted by atomic mass is 79.9. The summed E-state index contributed by atoms with van der Waals surface area (Å²) < 4.78 is 0.997. The Labute approximate surface area is 168 Å². The molecule has 1 atom stereocenters. The fourth-order valence-corrected chi connectivity index (χ4v) is 4.78. The Morgan fingerprint density at radius 3 is 2.60 bits per heavy atom. The number of nitrogens with zero attached hydrogens (tertiary/aromatic N) is 1. The molecule has 1 aromatic carbocycles. The maximum Gasteiger partial charge on any atom is 0.254 e. The normalized spacial score (nSPS) is 16.9. The van der Waals surface area contributed by atoms with Crippen molar-refractivity contribution in [1.82, 2.24) is 10.2 Å². The van der Waals surface area contributed by atoms with Crippen molar-refractivity contribution in [2.24, 2.45) is 0 Å². The van der Waals surface area contributed by atoms with Gasteiger partial charge in [0.2, 0.25) is 5.91 Å². The van der Waals surface area contributed by atoms with Crippen LogP contribution in [0, 0.1) is 0 Å². The third-order valence-electron chi connectivity index (χ3n) is 3.98. The second-order valence-electron chi connectivity index (χ2n) is 5.76. The summed E-state index contributed by atoms with van der Waals surface area (Å²) >= 11 is 16.9. The molecule has 1 saturated heterocycles. The summed E-state index contributed by atoms with van der Waals surface area (Å²) in [7, 11) is 0. The average molecular weight is 462 g/mol. The highest BCUT2D eigenvalue weighted by Crippen LogP contribution is 2.25. The van der Waals surface area contributed by atoms with E-state index in [0.717, 1.165) is 15.8 Å². The molecular formula is C17H15BrCl2N2O2S. The molecule has 2 amide bonds. The van der Waals surface area contributed by atoms with Crippen LogP contribution in [0.3, 0.4) is 0 Å². The van der Waals surface area contributed by atoms with Crippen molar-refractivity contribution in [2.45, 2.75) is 25.4 Å². The van der Waals surface area contributed by atoms with Crippen molar-refractivity contribution in [3.8, 4) is 0 Å². The number of likely N-dealkylation sites (tertiary alicyclic amines) is 1. The largest absolute Gasteiger partial charge is 0.349 e. The molecule has 1 aliphatic rings. The van der Waals surface area contributed by atoms with Gasteiger partial charge >= 0.3 is 0 Å². The first-order valence-electron chi connectivity index (χ1n) is 7.72. The highest BCUT2D eigenvalue weighted by Gasteiger charge is 2.34. The third-order valence-corrected chi connectivity index (χ3v) is 6.12. The first-order valence-corrected chi connectivity index (χ1v) is 10.1. The van der Waals surface area contributed by atoms with Gasteiger partial charge in [-0.05, 0) is 53.0 Å². The summed E-state index contributed by atoms with van der Waals surface area (Å²) in [5, 5.41) is 5.69. The second kappa shape index (κ2) is 8.08. The number of hydrogen-bond acceptors (Lipinski definition) is 3. The Hall–Kier alpha value is -1.08. The summed E-state index contributed by atoms with van der Waals surface area (Å²) in [5.41, 5.74) is 0.402. The SMILES string of the molecule is O=C(NCc1cc(Br)cs1)C1CCCN1C(=O)c1cc(Cl)cc(Cl)c1. The van der Waals surface area contributed by atoms with Crippen molar-refractivity contribution in [3.05, 3.63) is 54.6 Å². The molecule has 132 valence electrons. The Morgan fingerprint density at radius 2 is 1.96 bits per heavy atom. The van der Waals surface area contributed by atoms with E-state index in [2.05, 4.69) is 21.2 Å². The van der Waals surface area contributed by atoms with Gasteiger partial charge in [-0.15, -0.1) is 11.3 Å². The number of thiophene rings is 1. The zero-order valence-corrected chi connectivity index (χ0v) is 17.0. The topological polar surface area (TPSA) is 49.4 Å². The number of carbonyl (C=O) groups is 2. The van der Waals surface area contributed by atoms with Gasteiger partial charge in [0.15, 0.2) is 0 Å². The van der Waals surface area contributed by atoms with E-state index in [-0.39, 0.29) is 11.8 Å². The van der Waals surface area contributed by atoms with Crippen molar-refractivity contribution in [1.29, 1.82) is 0 Å². The minimum Gasteiger partial charge on any atom is -0.349 e. The lowest BCUT2D eigenvalue weighted by Crippen LogP contribution is -2.45. The average Bonchev–Trinajstić information content (AvgIpc) is 3.20. The van der Waals surface area contributed by atoms with E-state index in [1.807, 2.05) is 11.4 Å². The molecular weight excluding hydrogens is 447 g/mol. The summed E-state index contributed by atoms with van der Waals surface area (Å²) in [6.45, 7) is 1.00. The van der Waals surface area contributed by atoms with Gasteiger partial charge in [-0.25, -0.2) is 0 Å². The van der Waals surface area contributed by atoms with E-state index in [4.69, 9.17) is 23.2 Å². The van der Waals surface area contributed by atoms with Gasteiger partial charge in [0.25, 0.3) is 5.91 Å². The van der Waals surface area contributed by atoms with Gasteiger partial charge in [0.1, 0.15) is 6.04 Å². The van der Waals surface area contributed by atoms with Crippen LogP contribution in [-0.2, 0) is 11.3 Å². The minimum absolute atomic E-state index is 0.136. The van der Waals surface area contributed by atoms with E-state index in [1.165, 1.54) is 0 Å². The number of amides is 2. The van der Waals surface area contributed by atoms with Crippen molar-refractivity contribution >= 4 is 62.3 Å². The smallest absolute Gasteiger partial charge is 0.254 e. The second-order valence-corrected chi connectivity index (χ2v) is 8.55. The number of hydrogen-bond donors (Lipinski definition) is 1. The predicted octanol–water partition coefficient (Wildman–Crippen LogP) is 4.74. The van der Waals surface area contributed by atoms with Crippen LogP contribution < -0.4 is 5.32 Å². The standard InChI is InChI=1S/C17H15BrCl2N2O2S/c18-11-6-14(25-9-11)8-21-16(23)15-2-1-3-22(15)17(24)10-4-12(19)7-13(20)5-10/h4-7,9,15H,1-3,8H2,(H,21,23). The molecule has 1 N–H and O–H groups in total. The van der Waals surface area contributed by atoms with Gasteiger partial charge in [-0.3, -0.25) is 9.59 Å². The van der Waals surface area contributed by atoms with Crippen LogP contribution in [-0.4, -0.2) is 29.3 Å². The molecule has 0 bridgehead atoms. The Balaban J connectivity index is 1.68. The quantitative estimate of drug-likeness (QED) is 0.714. The number of benzene rings is 1. The van der Waals surface area contributed by atoms with E-state index in [0.29, 0.717) is 35.1 Å². The number of nitrogens with one attached hydrogen (secondary N) is 1. The molecule has 0 radical (unpaired) electrons. The number of halogens is 3.